The van der Waals surface area contributed by atoms with Gasteiger partial charge in [-0.25, -0.2) is 9.78 Å². The zero-order valence-corrected chi connectivity index (χ0v) is 12.8. The normalized spacial score (nSPS) is 11.9. The maximum Gasteiger partial charge on any atom is 0.326 e. The summed E-state index contributed by atoms with van der Waals surface area (Å²) in [6.45, 7) is 3.56. The third-order valence-electron chi connectivity index (χ3n) is 2.89. The van der Waals surface area contributed by atoms with E-state index in [1.54, 1.807) is 6.92 Å². The molecule has 0 aliphatic rings. The van der Waals surface area contributed by atoms with Gasteiger partial charge in [0.1, 0.15) is 18.1 Å². The number of nitro groups is 1. The number of aliphatic carboxylic acids is 1. The number of halogens is 1. The van der Waals surface area contributed by atoms with Crippen molar-refractivity contribution in [2.24, 2.45) is 0 Å². The Bertz CT molecular complexity index is 522. The molecular weight excluding hydrogens is 330 g/mol. The highest BCUT2D eigenvalue weighted by molar-refractivity contribution is 9.10. The standard InChI is InChI=1S/C12H16BrN3O4/c1-3-4-5-8(12(17)18)15-11-10(13)7(2)9(6-14-11)16(19)20/h6,8H,3-5H2,1-2H3,(H,14,15)(H,17,18)/t8-/m0/s1. The van der Waals surface area contributed by atoms with Crippen LogP contribution in [0.25, 0.3) is 0 Å². The molecule has 2 N–H and O–H groups in total. The van der Waals surface area contributed by atoms with Crippen molar-refractivity contribution in [1.82, 2.24) is 4.98 Å². The van der Waals surface area contributed by atoms with Gasteiger partial charge in [-0.2, -0.15) is 0 Å². The van der Waals surface area contributed by atoms with E-state index in [0.717, 1.165) is 19.0 Å². The summed E-state index contributed by atoms with van der Waals surface area (Å²) in [7, 11) is 0. The number of carboxylic acids is 1. The lowest BCUT2D eigenvalue weighted by atomic mass is 10.1. The summed E-state index contributed by atoms with van der Waals surface area (Å²) in [5.74, 6) is -0.667. The van der Waals surface area contributed by atoms with Crippen molar-refractivity contribution in [3.05, 3.63) is 26.3 Å². The van der Waals surface area contributed by atoms with E-state index in [4.69, 9.17) is 5.11 Å². The van der Waals surface area contributed by atoms with Crippen LogP contribution in [0.1, 0.15) is 31.7 Å². The van der Waals surface area contributed by atoms with Crippen LogP contribution in [-0.2, 0) is 4.79 Å². The molecule has 0 spiro atoms. The summed E-state index contributed by atoms with van der Waals surface area (Å²) >= 11 is 3.22. The number of unbranched alkanes of at least 4 members (excludes halogenated alkanes) is 1. The van der Waals surface area contributed by atoms with E-state index in [0.29, 0.717) is 22.3 Å². The lowest BCUT2D eigenvalue weighted by Crippen LogP contribution is -2.29. The van der Waals surface area contributed by atoms with Gasteiger partial charge in [0.25, 0.3) is 5.69 Å². The number of nitrogens with one attached hydrogen (secondary N) is 1. The number of hydrogen-bond acceptors (Lipinski definition) is 5. The molecule has 0 amide bonds. The highest BCUT2D eigenvalue weighted by Crippen LogP contribution is 2.31. The Morgan fingerprint density at radius 3 is 2.80 bits per heavy atom. The van der Waals surface area contributed by atoms with Crippen LogP contribution in [0.15, 0.2) is 10.7 Å². The van der Waals surface area contributed by atoms with Crippen LogP contribution in [0.3, 0.4) is 0 Å². The summed E-state index contributed by atoms with van der Waals surface area (Å²) in [5.41, 5.74) is 0.301. The van der Waals surface area contributed by atoms with E-state index >= 15 is 0 Å². The molecule has 0 saturated carbocycles. The number of hydrogen-bond donors (Lipinski definition) is 2. The number of nitrogens with zero attached hydrogens (tertiary/aromatic N) is 2. The molecule has 1 rings (SSSR count). The Kier molecular flexibility index (Phi) is 5.87. The maximum atomic E-state index is 11.2. The minimum absolute atomic E-state index is 0.108. The van der Waals surface area contributed by atoms with Gasteiger partial charge in [-0.05, 0) is 29.3 Å². The molecule has 20 heavy (non-hydrogen) atoms. The van der Waals surface area contributed by atoms with Gasteiger partial charge in [0, 0.05) is 5.56 Å². The van der Waals surface area contributed by atoms with Crippen molar-refractivity contribution >= 4 is 33.4 Å². The van der Waals surface area contributed by atoms with Crippen LogP contribution in [0.5, 0.6) is 0 Å². The molecule has 0 aromatic carbocycles. The summed E-state index contributed by atoms with van der Waals surface area (Å²) < 4.78 is 0.412. The van der Waals surface area contributed by atoms with E-state index in [1.165, 1.54) is 0 Å². The molecule has 0 radical (unpaired) electrons. The maximum absolute atomic E-state index is 11.2. The van der Waals surface area contributed by atoms with Crippen molar-refractivity contribution in [3.63, 3.8) is 0 Å². The molecule has 7 nitrogen and oxygen atoms in total. The van der Waals surface area contributed by atoms with E-state index in [1.807, 2.05) is 6.92 Å². The van der Waals surface area contributed by atoms with Crippen LogP contribution < -0.4 is 5.32 Å². The Morgan fingerprint density at radius 2 is 2.30 bits per heavy atom. The molecule has 0 aliphatic heterocycles. The summed E-state index contributed by atoms with van der Waals surface area (Å²) in [5, 5.41) is 22.7. The highest BCUT2D eigenvalue weighted by atomic mass is 79.9. The van der Waals surface area contributed by atoms with Gasteiger partial charge in [-0.15, -0.1) is 0 Å². The van der Waals surface area contributed by atoms with E-state index < -0.39 is 16.9 Å². The van der Waals surface area contributed by atoms with Gasteiger partial charge < -0.3 is 10.4 Å². The first-order chi connectivity index (χ1) is 9.38. The lowest BCUT2D eigenvalue weighted by molar-refractivity contribution is -0.385. The van der Waals surface area contributed by atoms with Gasteiger partial charge in [0.2, 0.25) is 0 Å². The summed E-state index contributed by atoms with van der Waals surface area (Å²) in [6.07, 6.45) is 3.25. The Balaban J connectivity index is 2.99. The second kappa shape index (κ2) is 7.18. The Labute approximate surface area is 124 Å². The number of aromatic nitrogens is 1. The van der Waals surface area contributed by atoms with Crippen LogP contribution in [-0.4, -0.2) is 27.0 Å². The van der Waals surface area contributed by atoms with Crippen molar-refractivity contribution < 1.29 is 14.8 Å². The van der Waals surface area contributed by atoms with Crippen molar-refractivity contribution in [1.29, 1.82) is 0 Å². The van der Waals surface area contributed by atoms with Crippen molar-refractivity contribution in [2.75, 3.05) is 5.32 Å². The van der Waals surface area contributed by atoms with E-state index in [9.17, 15) is 14.9 Å². The number of carbonyl (C=O) groups is 1. The minimum atomic E-state index is -0.969. The molecule has 1 aromatic rings. The molecule has 0 bridgehead atoms. The summed E-state index contributed by atoms with van der Waals surface area (Å²) in [6, 6.07) is -0.764. The van der Waals surface area contributed by atoms with Crippen molar-refractivity contribution in [2.45, 2.75) is 39.2 Å². The molecule has 1 aromatic heterocycles. The molecule has 0 aliphatic carbocycles. The topological polar surface area (TPSA) is 105 Å². The third-order valence-corrected chi connectivity index (χ3v) is 3.86. The van der Waals surface area contributed by atoms with Crippen molar-refractivity contribution in [3.8, 4) is 0 Å². The molecule has 1 heterocycles. The van der Waals surface area contributed by atoms with Gasteiger partial charge >= 0.3 is 5.97 Å². The first-order valence-electron chi connectivity index (χ1n) is 6.17. The number of anilines is 1. The fourth-order valence-electron chi connectivity index (χ4n) is 1.68. The molecule has 0 saturated heterocycles. The largest absolute Gasteiger partial charge is 0.480 e. The van der Waals surface area contributed by atoms with Crippen LogP contribution >= 0.6 is 15.9 Å². The third kappa shape index (κ3) is 3.89. The monoisotopic (exact) mass is 345 g/mol. The second-order valence-corrected chi connectivity index (χ2v) is 5.16. The summed E-state index contributed by atoms with van der Waals surface area (Å²) in [4.78, 5) is 25.4. The van der Waals surface area contributed by atoms with Crippen LogP contribution in [0, 0.1) is 17.0 Å². The zero-order valence-electron chi connectivity index (χ0n) is 11.2. The Hall–Kier alpha value is -1.70. The second-order valence-electron chi connectivity index (χ2n) is 4.37. The lowest BCUT2D eigenvalue weighted by Gasteiger charge is -2.16. The minimum Gasteiger partial charge on any atom is -0.480 e. The SMILES string of the molecule is CCCC[C@H](Nc1ncc([N+](=O)[O-])c(C)c1Br)C(=O)O. The smallest absolute Gasteiger partial charge is 0.326 e. The first kappa shape index (κ1) is 16.4. The number of rotatable bonds is 7. The average molecular weight is 346 g/mol. The molecule has 0 fully saturated rings. The van der Waals surface area contributed by atoms with Gasteiger partial charge in [0.05, 0.1) is 9.40 Å². The molecule has 110 valence electrons. The van der Waals surface area contributed by atoms with Crippen LogP contribution in [0.2, 0.25) is 0 Å². The Morgan fingerprint density at radius 1 is 1.65 bits per heavy atom. The quantitative estimate of drug-likeness (QED) is 0.580. The van der Waals surface area contributed by atoms with E-state index in [2.05, 4.69) is 26.2 Å². The zero-order chi connectivity index (χ0) is 15.3. The number of carboxylic acid groups (broad SMARTS) is 1. The highest BCUT2D eigenvalue weighted by Gasteiger charge is 2.22. The molecular formula is C12H16BrN3O4. The fraction of sp³-hybridized carbons (Fsp3) is 0.500. The first-order valence-corrected chi connectivity index (χ1v) is 6.96. The fourth-order valence-corrected chi connectivity index (χ4v) is 2.10. The molecule has 1 atom stereocenters. The van der Waals surface area contributed by atoms with Crippen LogP contribution in [0.4, 0.5) is 11.5 Å². The molecule has 0 unspecified atom stereocenters. The predicted octanol–water partition coefficient (Wildman–Crippen LogP) is 3.12. The van der Waals surface area contributed by atoms with Gasteiger partial charge in [-0.3, -0.25) is 10.1 Å². The van der Waals surface area contributed by atoms with Gasteiger partial charge in [0.15, 0.2) is 0 Å². The van der Waals surface area contributed by atoms with Gasteiger partial charge in [-0.1, -0.05) is 19.8 Å². The number of pyridine rings is 1. The van der Waals surface area contributed by atoms with E-state index in [-0.39, 0.29) is 5.69 Å². The predicted molar refractivity (Wildman–Crippen MR) is 77.9 cm³/mol. The average Bonchev–Trinajstić information content (AvgIpc) is 2.38. The molecule has 8 heteroatoms.